The Labute approximate surface area is 197 Å². The second kappa shape index (κ2) is 11.2. The Morgan fingerprint density at radius 2 is 1.81 bits per heavy atom. The van der Waals surface area contributed by atoms with Gasteiger partial charge >= 0.3 is 0 Å². The Kier molecular flexibility index (Phi) is 9.22. The fourth-order valence-electron chi connectivity index (χ4n) is 2.84. The normalized spacial score (nSPS) is 12.4. The van der Waals surface area contributed by atoms with Crippen LogP contribution in [0.4, 0.5) is 4.39 Å². The van der Waals surface area contributed by atoms with E-state index >= 15 is 0 Å². The fraction of sp³-hybridized carbons (Fsp3) is 0.391. The summed E-state index contributed by atoms with van der Waals surface area (Å²) < 4.78 is 14.2. The molecule has 168 valence electrons. The molecule has 0 aliphatic carbocycles. The summed E-state index contributed by atoms with van der Waals surface area (Å²) in [5, 5.41) is 3.82. The van der Waals surface area contributed by atoms with Crippen molar-refractivity contribution in [2.45, 2.75) is 51.6 Å². The zero-order valence-electron chi connectivity index (χ0n) is 18.0. The Bertz CT molecular complexity index is 934. The first-order chi connectivity index (χ1) is 14.5. The molecular formula is C23H27Cl2FN2O2S. The van der Waals surface area contributed by atoms with E-state index in [0.717, 1.165) is 5.56 Å². The van der Waals surface area contributed by atoms with Crippen LogP contribution in [0.1, 0.15) is 38.8 Å². The third kappa shape index (κ3) is 8.02. The van der Waals surface area contributed by atoms with E-state index in [0.29, 0.717) is 21.4 Å². The number of nitrogens with one attached hydrogen (secondary N) is 1. The van der Waals surface area contributed by atoms with Gasteiger partial charge in [0.25, 0.3) is 0 Å². The Hall–Kier alpha value is -1.76. The van der Waals surface area contributed by atoms with Crippen LogP contribution in [0.25, 0.3) is 0 Å². The molecule has 0 aliphatic heterocycles. The molecule has 0 saturated carbocycles. The number of amides is 2. The lowest BCUT2D eigenvalue weighted by molar-refractivity contribution is -0.139. The van der Waals surface area contributed by atoms with Gasteiger partial charge in [0.1, 0.15) is 11.9 Å². The van der Waals surface area contributed by atoms with Gasteiger partial charge in [-0.3, -0.25) is 9.59 Å². The molecule has 4 nitrogen and oxygen atoms in total. The molecule has 0 heterocycles. The monoisotopic (exact) mass is 484 g/mol. The van der Waals surface area contributed by atoms with Crippen molar-refractivity contribution in [3.8, 4) is 0 Å². The fourth-order valence-corrected chi connectivity index (χ4v) is 4.01. The number of benzene rings is 2. The van der Waals surface area contributed by atoms with E-state index in [9.17, 15) is 14.0 Å². The molecule has 0 aliphatic rings. The highest BCUT2D eigenvalue weighted by Crippen LogP contribution is 2.25. The first kappa shape index (κ1) is 25.5. The number of hydrogen-bond acceptors (Lipinski definition) is 3. The molecular weight excluding hydrogens is 458 g/mol. The van der Waals surface area contributed by atoms with Crippen molar-refractivity contribution in [2.24, 2.45) is 0 Å². The Morgan fingerprint density at radius 3 is 2.42 bits per heavy atom. The third-order valence-electron chi connectivity index (χ3n) is 4.44. The number of carbonyl (C=O) groups is 2. The first-order valence-electron chi connectivity index (χ1n) is 9.84. The highest BCUT2D eigenvalue weighted by Gasteiger charge is 2.28. The summed E-state index contributed by atoms with van der Waals surface area (Å²) in [6.07, 6.45) is 0. The summed E-state index contributed by atoms with van der Waals surface area (Å²) >= 11 is 13.4. The first-order valence-corrected chi connectivity index (χ1v) is 11.8. The van der Waals surface area contributed by atoms with Crippen molar-refractivity contribution < 1.29 is 14.0 Å². The van der Waals surface area contributed by atoms with Gasteiger partial charge in [0.15, 0.2) is 0 Å². The van der Waals surface area contributed by atoms with Crippen molar-refractivity contribution in [3.63, 3.8) is 0 Å². The lowest BCUT2D eigenvalue weighted by atomic mass is 10.1. The van der Waals surface area contributed by atoms with Gasteiger partial charge in [-0.2, -0.15) is 0 Å². The topological polar surface area (TPSA) is 49.4 Å². The maximum atomic E-state index is 14.2. The Balaban J connectivity index is 2.12. The van der Waals surface area contributed by atoms with E-state index < -0.39 is 17.4 Å². The van der Waals surface area contributed by atoms with Gasteiger partial charge in [-0.05, 0) is 51.5 Å². The van der Waals surface area contributed by atoms with Crippen LogP contribution in [0.2, 0.25) is 10.0 Å². The van der Waals surface area contributed by atoms with E-state index in [4.69, 9.17) is 23.2 Å². The van der Waals surface area contributed by atoms with Crippen molar-refractivity contribution in [1.82, 2.24) is 10.2 Å². The maximum Gasteiger partial charge on any atom is 0.242 e. The largest absolute Gasteiger partial charge is 0.350 e. The van der Waals surface area contributed by atoms with Crippen LogP contribution >= 0.6 is 35.0 Å². The highest BCUT2D eigenvalue weighted by molar-refractivity contribution is 7.99. The number of thioether (sulfide) groups is 1. The van der Waals surface area contributed by atoms with Gasteiger partial charge in [0, 0.05) is 23.4 Å². The van der Waals surface area contributed by atoms with Crippen LogP contribution in [0.15, 0.2) is 42.5 Å². The maximum absolute atomic E-state index is 14.2. The second-order valence-corrected chi connectivity index (χ2v) is 10.1. The predicted octanol–water partition coefficient (Wildman–Crippen LogP) is 5.70. The standard InChI is InChI=1S/C23H27Cl2FN2O2S/c1-15(22(30)27-23(2,3)4)28(12-17-7-5-6-8-20(17)26)21(29)14-31-13-16-9-10-18(24)19(25)11-16/h5-11,15H,12-14H2,1-4H3,(H,27,30). The van der Waals surface area contributed by atoms with Crippen LogP contribution in [0.5, 0.6) is 0 Å². The van der Waals surface area contributed by atoms with E-state index in [2.05, 4.69) is 5.32 Å². The molecule has 0 spiro atoms. The lowest BCUT2D eigenvalue weighted by Gasteiger charge is -2.31. The molecule has 0 aromatic heterocycles. The molecule has 0 fully saturated rings. The molecule has 8 heteroatoms. The highest BCUT2D eigenvalue weighted by atomic mass is 35.5. The zero-order valence-corrected chi connectivity index (χ0v) is 20.4. The molecule has 0 radical (unpaired) electrons. The van der Waals surface area contributed by atoms with Crippen LogP contribution in [0, 0.1) is 5.82 Å². The Morgan fingerprint density at radius 1 is 1.13 bits per heavy atom. The molecule has 1 atom stereocenters. The number of halogens is 3. The second-order valence-electron chi connectivity index (χ2n) is 8.27. The predicted molar refractivity (Wildman–Crippen MR) is 127 cm³/mol. The summed E-state index contributed by atoms with van der Waals surface area (Å²) in [7, 11) is 0. The molecule has 0 bridgehead atoms. The smallest absolute Gasteiger partial charge is 0.242 e. The van der Waals surface area contributed by atoms with Gasteiger partial charge in [0.2, 0.25) is 11.8 Å². The average molecular weight is 485 g/mol. The molecule has 31 heavy (non-hydrogen) atoms. The van der Waals surface area contributed by atoms with Crippen molar-refractivity contribution >= 4 is 46.8 Å². The quantitative estimate of drug-likeness (QED) is 0.522. The molecule has 1 unspecified atom stereocenters. The van der Waals surface area contributed by atoms with Crippen LogP contribution < -0.4 is 5.32 Å². The third-order valence-corrected chi connectivity index (χ3v) is 6.17. The molecule has 2 aromatic rings. The minimum absolute atomic E-state index is 0.0115. The number of nitrogens with zero attached hydrogens (tertiary/aromatic N) is 1. The van der Waals surface area contributed by atoms with E-state index in [1.54, 1.807) is 37.3 Å². The minimum Gasteiger partial charge on any atom is -0.350 e. The van der Waals surface area contributed by atoms with Gasteiger partial charge in [0.05, 0.1) is 15.8 Å². The molecule has 0 saturated heterocycles. The summed E-state index contributed by atoms with van der Waals surface area (Å²) in [6.45, 7) is 7.27. The molecule has 1 N–H and O–H groups in total. The summed E-state index contributed by atoms with van der Waals surface area (Å²) in [4.78, 5) is 27.2. The SMILES string of the molecule is CC(C(=O)NC(C)(C)C)N(Cc1ccccc1F)C(=O)CSCc1ccc(Cl)c(Cl)c1. The minimum atomic E-state index is -0.753. The van der Waals surface area contributed by atoms with Gasteiger partial charge in [-0.1, -0.05) is 47.5 Å². The van der Waals surface area contributed by atoms with E-state index in [1.807, 2.05) is 26.8 Å². The average Bonchev–Trinajstić information content (AvgIpc) is 2.68. The zero-order chi connectivity index (χ0) is 23.2. The van der Waals surface area contributed by atoms with Crippen molar-refractivity contribution in [3.05, 3.63) is 69.5 Å². The van der Waals surface area contributed by atoms with Gasteiger partial charge in [-0.15, -0.1) is 11.8 Å². The van der Waals surface area contributed by atoms with E-state index in [-0.39, 0.29) is 24.1 Å². The number of carbonyl (C=O) groups excluding carboxylic acids is 2. The van der Waals surface area contributed by atoms with Crippen molar-refractivity contribution in [2.75, 3.05) is 5.75 Å². The van der Waals surface area contributed by atoms with Crippen LogP contribution in [-0.2, 0) is 21.9 Å². The molecule has 2 amide bonds. The van der Waals surface area contributed by atoms with Gasteiger partial charge in [-0.25, -0.2) is 4.39 Å². The summed E-state index contributed by atoms with van der Waals surface area (Å²) in [5.41, 5.74) is 0.854. The van der Waals surface area contributed by atoms with E-state index in [1.165, 1.54) is 22.7 Å². The molecule has 2 aromatic carbocycles. The van der Waals surface area contributed by atoms with Crippen molar-refractivity contribution in [1.29, 1.82) is 0 Å². The summed E-state index contributed by atoms with van der Waals surface area (Å²) in [6, 6.07) is 10.8. The number of hydrogen-bond donors (Lipinski definition) is 1. The molecule has 2 rings (SSSR count). The number of rotatable bonds is 8. The van der Waals surface area contributed by atoms with Crippen LogP contribution in [0.3, 0.4) is 0 Å². The van der Waals surface area contributed by atoms with Gasteiger partial charge < -0.3 is 10.2 Å². The lowest BCUT2D eigenvalue weighted by Crippen LogP contribution is -2.52. The summed E-state index contributed by atoms with van der Waals surface area (Å²) in [5.74, 6) is -0.246. The van der Waals surface area contributed by atoms with Crippen LogP contribution in [-0.4, -0.2) is 34.0 Å².